The highest BCUT2D eigenvalue weighted by molar-refractivity contribution is 7.16. The third kappa shape index (κ3) is 4.45. The van der Waals surface area contributed by atoms with Gasteiger partial charge in [-0.25, -0.2) is 18.4 Å². The van der Waals surface area contributed by atoms with Crippen LogP contribution in [-0.2, 0) is 26.3 Å². The standard InChI is InChI=1S/C22H23F2N3O5S/c1-5-13-11(3)33-18(17(13)19(29)32-6-2)25-16(28)10-27-20(30)22(4,26-21(27)31)12-7-8-14(23)15(24)9-12/h7-9H,5-6,10H2,1-4H3,(H,25,28)(H,26,31). The molecule has 1 aromatic heterocycles. The summed E-state index contributed by atoms with van der Waals surface area (Å²) in [6.45, 7) is 6.22. The lowest BCUT2D eigenvalue weighted by atomic mass is 9.92. The Morgan fingerprint density at radius 2 is 1.91 bits per heavy atom. The van der Waals surface area contributed by atoms with Crippen molar-refractivity contribution in [3.63, 3.8) is 0 Å². The predicted molar refractivity (Wildman–Crippen MR) is 117 cm³/mol. The monoisotopic (exact) mass is 479 g/mol. The first-order valence-corrected chi connectivity index (χ1v) is 11.0. The Morgan fingerprint density at radius 3 is 2.52 bits per heavy atom. The largest absolute Gasteiger partial charge is 0.462 e. The molecule has 1 aliphatic rings. The maximum atomic E-state index is 13.7. The zero-order chi connectivity index (χ0) is 24.5. The predicted octanol–water partition coefficient (Wildman–Crippen LogP) is 3.48. The van der Waals surface area contributed by atoms with Gasteiger partial charge in [-0.15, -0.1) is 11.3 Å². The molecule has 0 saturated carbocycles. The van der Waals surface area contributed by atoms with Crippen molar-refractivity contribution in [3.8, 4) is 0 Å². The van der Waals surface area contributed by atoms with Gasteiger partial charge in [-0.3, -0.25) is 14.5 Å². The highest BCUT2D eigenvalue weighted by atomic mass is 32.1. The molecule has 0 bridgehead atoms. The van der Waals surface area contributed by atoms with Crippen LogP contribution in [0.1, 0.15) is 47.1 Å². The zero-order valence-corrected chi connectivity index (χ0v) is 19.3. The summed E-state index contributed by atoms with van der Waals surface area (Å²) in [5.41, 5.74) is -0.640. The van der Waals surface area contributed by atoms with E-state index in [0.29, 0.717) is 11.3 Å². The van der Waals surface area contributed by atoms with Crippen LogP contribution in [0.4, 0.5) is 18.6 Å². The van der Waals surface area contributed by atoms with Gasteiger partial charge in [0.15, 0.2) is 11.6 Å². The fourth-order valence-electron chi connectivity index (χ4n) is 3.66. The highest BCUT2D eigenvalue weighted by Crippen LogP contribution is 2.34. The molecule has 2 aromatic rings. The van der Waals surface area contributed by atoms with Gasteiger partial charge >= 0.3 is 12.0 Å². The van der Waals surface area contributed by atoms with E-state index in [0.717, 1.165) is 22.6 Å². The second-order valence-corrected chi connectivity index (χ2v) is 8.76. The molecule has 2 N–H and O–H groups in total. The maximum Gasteiger partial charge on any atom is 0.341 e. The Balaban J connectivity index is 1.81. The molecule has 8 nitrogen and oxygen atoms in total. The Bertz CT molecular complexity index is 1150. The van der Waals surface area contributed by atoms with Crippen molar-refractivity contribution >= 4 is 40.2 Å². The fraction of sp³-hybridized carbons (Fsp3) is 0.364. The molecule has 3 rings (SSSR count). The van der Waals surface area contributed by atoms with Gasteiger partial charge in [0.2, 0.25) is 5.91 Å². The molecule has 1 fully saturated rings. The number of hydrogen-bond donors (Lipinski definition) is 2. The summed E-state index contributed by atoms with van der Waals surface area (Å²) < 4.78 is 32.1. The number of esters is 1. The number of halogens is 2. The number of imide groups is 1. The number of nitrogens with zero attached hydrogens (tertiary/aromatic N) is 1. The Labute approximate surface area is 192 Å². The van der Waals surface area contributed by atoms with Crippen LogP contribution in [0, 0.1) is 18.6 Å². The number of aryl methyl sites for hydroxylation is 1. The van der Waals surface area contributed by atoms with Gasteiger partial charge < -0.3 is 15.4 Å². The molecule has 1 aromatic carbocycles. The van der Waals surface area contributed by atoms with E-state index in [4.69, 9.17) is 4.74 Å². The van der Waals surface area contributed by atoms with E-state index in [9.17, 15) is 28.0 Å². The molecule has 1 saturated heterocycles. The summed E-state index contributed by atoms with van der Waals surface area (Å²) in [5, 5.41) is 5.29. The molecule has 1 aliphatic heterocycles. The minimum atomic E-state index is -1.67. The van der Waals surface area contributed by atoms with Crippen LogP contribution >= 0.6 is 11.3 Å². The number of urea groups is 1. The molecular weight excluding hydrogens is 456 g/mol. The number of nitrogens with one attached hydrogen (secondary N) is 2. The molecule has 2 heterocycles. The van der Waals surface area contributed by atoms with Crippen molar-refractivity contribution in [2.24, 2.45) is 0 Å². The zero-order valence-electron chi connectivity index (χ0n) is 18.5. The smallest absolute Gasteiger partial charge is 0.341 e. The van der Waals surface area contributed by atoms with Crippen LogP contribution in [0.2, 0.25) is 0 Å². The van der Waals surface area contributed by atoms with Gasteiger partial charge in [0.1, 0.15) is 17.1 Å². The second-order valence-electron chi connectivity index (χ2n) is 7.54. The van der Waals surface area contributed by atoms with E-state index in [1.54, 1.807) is 6.92 Å². The topological polar surface area (TPSA) is 105 Å². The Hall–Kier alpha value is -3.34. The number of carbonyl (C=O) groups excluding carboxylic acids is 4. The Kier molecular flexibility index (Phi) is 6.82. The summed E-state index contributed by atoms with van der Waals surface area (Å²) in [5.74, 6) is -4.34. The molecule has 176 valence electrons. The first-order chi connectivity index (χ1) is 15.5. The van der Waals surface area contributed by atoms with Crippen molar-refractivity contribution < 1.29 is 32.7 Å². The van der Waals surface area contributed by atoms with Gasteiger partial charge in [0.05, 0.1) is 12.2 Å². The minimum absolute atomic E-state index is 0.0359. The van der Waals surface area contributed by atoms with Crippen LogP contribution in [0.15, 0.2) is 18.2 Å². The number of rotatable bonds is 7. The lowest BCUT2D eigenvalue weighted by molar-refractivity contribution is -0.133. The SMILES string of the molecule is CCOC(=O)c1c(NC(=O)CN2C(=O)NC(C)(c3ccc(F)c(F)c3)C2=O)sc(C)c1CC. The van der Waals surface area contributed by atoms with Gasteiger partial charge in [-0.1, -0.05) is 13.0 Å². The number of benzene rings is 1. The van der Waals surface area contributed by atoms with Crippen molar-refractivity contribution in [1.29, 1.82) is 0 Å². The van der Waals surface area contributed by atoms with Crippen molar-refractivity contribution in [2.75, 3.05) is 18.5 Å². The maximum absolute atomic E-state index is 13.7. The lowest BCUT2D eigenvalue weighted by Crippen LogP contribution is -2.42. The number of anilines is 1. The Morgan fingerprint density at radius 1 is 1.21 bits per heavy atom. The summed E-state index contributed by atoms with van der Waals surface area (Å²) in [7, 11) is 0. The number of ether oxygens (including phenoxy) is 1. The van der Waals surface area contributed by atoms with Crippen LogP contribution in [-0.4, -0.2) is 41.9 Å². The average Bonchev–Trinajstić information content (AvgIpc) is 3.18. The molecule has 1 unspecified atom stereocenters. The first kappa shape index (κ1) is 24.3. The summed E-state index contributed by atoms with van der Waals surface area (Å²) in [4.78, 5) is 52.1. The second kappa shape index (κ2) is 9.26. The van der Waals surface area contributed by atoms with Crippen molar-refractivity contribution in [2.45, 2.75) is 39.7 Å². The van der Waals surface area contributed by atoms with E-state index in [-0.39, 0.29) is 22.7 Å². The van der Waals surface area contributed by atoms with E-state index >= 15 is 0 Å². The molecule has 1 atom stereocenters. The summed E-state index contributed by atoms with van der Waals surface area (Å²) in [6.07, 6.45) is 0.548. The summed E-state index contributed by atoms with van der Waals surface area (Å²) in [6, 6.07) is 2.01. The first-order valence-electron chi connectivity index (χ1n) is 10.2. The van der Waals surface area contributed by atoms with Crippen LogP contribution < -0.4 is 10.6 Å². The van der Waals surface area contributed by atoms with E-state index in [1.807, 2.05) is 13.8 Å². The fourth-order valence-corrected chi connectivity index (χ4v) is 4.81. The molecule has 4 amide bonds. The van der Waals surface area contributed by atoms with Gasteiger partial charge in [-0.05, 0) is 50.5 Å². The quantitative estimate of drug-likeness (QED) is 0.467. The van der Waals surface area contributed by atoms with E-state index < -0.39 is 47.5 Å². The average molecular weight is 480 g/mol. The number of amides is 4. The number of carbonyl (C=O) groups is 4. The van der Waals surface area contributed by atoms with Crippen LogP contribution in [0.3, 0.4) is 0 Å². The van der Waals surface area contributed by atoms with Gasteiger partial charge in [-0.2, -0.15) is 0 Å². The molecular formula is C22H23F2N3O5S. The van der Waals surface area contributed by atoms with Crippen molar-refractivity contribution in [3.05, 3.63) is 51.4 Å². The third-order valence-corrected chi connectivity index (χ3v) is 6.43. The molecule has 33 heavy (non-hydrogen) atoms. The normalized spacial score (nSPS) is 17.8. The van der Waals surface area contributed by atoms with Gasteiger partial charge in [0.25, 0.3) is 5.91 Å². The molecule has 11 heteroatoms. The van der Waals surface area contributed by atoms with Crippen LogP contribution in [0.5, 0.6) is 0 Å². The molecule has 0 spiro atoms. The van der Waals surface area contributed by atoms with Gasteiger partial charge in [0, 0.05) is 4.88 Å². The van der Waals surface area contributed by atoms with E-state index in [1.165, 1.54) is 24.3 Å². The summed E-state index contributed by atoms with van der Waals surface area (Å²) >= 11 is 1.19. The molecule has 0 aliphatic carbocycles. The number of hydrogen-bond acceptors (Lipinski definition) is 6. The van der Waals surface area contributed by atoms with E-state index in [2.05, 4.69) is 10.6 Å². The highest BCUT2D eigenvalue weighted by Gasteiger charge is 2.49. The third-order valence-electron chi connectivity index (χ3n) is 5.37. The minimum Gasteiger partial charge on any atom is -0.462 e. The number of thiophene rings is 1. The lowest BCUT2D eigenvalue weighted by Gasteiger charge is -2.22. The molecule has 0 radical (unpaired) electrons. The van der Waals surface area contributed by atoms with Crippen LogP contribution in [0.25, 0.3) is 0 Å². The van der Waals surface area contributed by atoms with Crippen molar-refractivity contribution in [1.82, 2.24) is 10.2 Å².